The summed E-state index contributed by atoms with van der Waals surface area (Å²) >= 11 is 5.96. The lowest BCUT2D eigenvalue weighted by Gasteiger charge is -2.46. The Hall–Kier alpha value is -1.53. The molecule has 6 nitrogen and oxygen atoms in total. The van der Waals surface area contributed by atoms with Crippen LogP contribution in [0.2, 0.25) is 5.02 Å². The number of likely N-dealkylation sites (tertiary alicyclic amines) is 1. The molecule has 120 valence electrons. The lowest BCUT2D eigenvalue weighted by molar-refractivity contribution is -0.149. The Morgan fingerprint density at radius 1 is 1.36 bits per heavy atom. The first kappa shape index (κ1) is 15.4. The molecule has 0 spiro atoms. The molecule has 2 aliphatic rings. The zero-order valence-corrected chi connectivity index (χ0v) is 13.5. The quantitative estimate of drug-likeness (QED) is 0.778. The van der Waals surface area contributed by atoms with Crippen molar-refractivity contribution in [1.29, 1.82) is 0 Å². The molecule has 0 saturated carbocycles. The number of nitrogens with zero attached hydrogens (tertiary/aromatic N) is 3. The summed E-state index contributed by atoms with van der Waals surface area (Å²) in [5.41, 5.74) is 0.564. The number of carbonyl (C=O) groups excluding carboxylic acids is 2. The van der Waals surface area contributed by atoms with Crippen molar-refractivity contribution in [2.24, 2.45) is 7.05 Å². The third-order valence-electron chi connectivity index (χ3n) is 4.47. The highest BCUT2D eigenvalue weighted by Crippen LogP contribution is 2.25. The molecule has 1 aromatic rings. The number of carbonyl (C=O) groups is 2. The van der Waals surface area contributed by atoms with Gasteiger partial charge in [0.25, 0.3) is 5.91 Å². The fraction of sp³-hybridized carbons (Fsp3) is 0.600. The van der Waals surface area contributed by atoms with Gasteiger partial charge in [-0.3, -0.25) is 9.59 Å². The molecule has 2 fully saturated rings. The summed E-state index contributed by atoms with van der Waals surface area (Å²) in [6.45, 7) is 3.87. The van der Waals surface area contributed by atoms with Crippen molar-refractivity contribution in [2.75, 3.05) is 26.2 Å². The highest BCUT2D eigenvalue weighted by Gasteiger charge is 2.39. The predicted molar refractivity (Wildman–Crippen MR) is 81.9 cm³/mol. The van der Waals surface area contributed by atoms with Crippen LogP contribution in [0.4, 0.5) is 0 Å². The molecule has 0 radical (unpaired) electrons. The van der Waals surface area contributed by atoms with E-state index in [4.69, 9.17) is 16.3 Å². The first-order valence-corrected chi connectivity index (χ1v) is 7.85. The number of amides is 2. The summed E-state index contributed by atoms with van der Waals surface area (Å²) in [4.78, 5) is 28.1. The average Bonchev–Trinajstić information content (AvgIpc) is 2.83. The van der Waals surface area contributed by atoms with Crippen LogP contribution in [-0.4, -0.2) is 64.6 Å². The second kappa shape index (κ2) is 5.93. The number of aromatic nitrogens is 1. The Balaban J connectivity index is 1.78. The van der Waals surface area contributed by atoms with Gasteiger partial charge in [0.15, 0.2) is 0 Å². The van der Waals surface area contributed by atoms with Gasteiger partial charge in [-0.25, -0.2) is 0 Å². The van der Waals surface area contributed by atoms with Crippen molar-refractivity contribution in [3.63, 3.8) is 0 Å². The minimum atomic E-state index is -0.0558. The largest absolute Gasteiger partial charge is 0.374 e. The van der Waals surface area contributed by atoms with E-state index in [1.807, 2.05) is 4.90 Å². The van der Waals surface area contributed by atoms with E-state index in [1.165, 1.54) is 0 Å². The lowest BCUT2D eigenvalue weighted by Crippen LogP contribution is -2.61. The zero-order valence-electron chi connectivity index (χ0n) is 12.8. The molecule has 0 N–H and O–H groups in total. The van der Waals surface area contributed by atoms with Crippen LogP contribution >= 0.6 is 11.6 Å². The van der Waals surface area contributed by atoms with Gasteiger partial charge >= 0.3 is 0 Å². The first-order valence-electron chi connectivity index (χ1n) is 7.47. The van der Waals surface area contributed by atoms with Crippen LogP contribution in [0.1, 0.15) is 23.8 Å². The third kappa shape index (κ3) is 2.73. The molecular formula is C15H20ClN3O3. The van der Waals surface area contributed by atoms with Crippen LogP contribution in [0.25, 0.3) is 0 Å². The fourth-order valence-electron chi connectivity index (χ4n) is 3.35. The number of hydrogen-bond donors (Lipinski definition) is 0. The Labute approximate surface area is 134 Å². The summed E-state index contributed by atoms with van der Waals surface area (Å²) < 4.78 is 7.50. The van der Waals surface area contributed by atoms with Gasteiger partial charge in [0.1, 0.15) is 5.69 Å². The van der Waals surface area contributed by atoms with Crippen molar-refractivity contribution in [3.05, 3.63) is 23.0 Å². The SMILES string of the molecule is CC(=O)N1CCOC2CCN(C(=O)c3cc(Cl)cn3C)CC21. The molecule has 1 aromatic heterocycles. The van der Waals surface area contributed by atoms with Crippen molar-refractivity contribution in [1.82, 2.24) is 14.4 Å². The Morgan fingerprint density at radius 2 is 2.14 bits per heavy atom. The fourth-order valence-corrected chi connectivity index (χ4v) is 3.60. The van der Waals surface area contributed by atoms with Crippen LogP contribution in [0.5, 0.6) is 0 Å². The van der Waals surface area contributed by atoms with Crippen LogP contribution in [0.15, 0.2) is 12.3 Å². The minimum Gasteiger partial charge on any atom is -0.374 e. The smallest absolute Gasteiger partial charge is 0.270 e. The number of fused-ring (bicyclic) bond motifs is 1. The average molecular weight is 326 g/mol. The van der Waals surface area contributed by atoms with E-state index in [2.05, 4.69) is 0 Å². The van der Waals surface area contributed by atoms with Crippen molar-refractivity contribution >= 4 is 23.4 Å². The summed E-state index contributed by atoms with van der Waals surface area (Å²) in [6, 6.07) is 1.62. The molecule has 3 rings (SSSR count). The topological polar surface area (TPSA) is 54.8 Å². The molecule has 3 heterocycles. The van der Waals surface area contributed by atoms with Gasteiger partial charge in [-0.05, 0) is 12.5 Å². The Kier molecular flexibility index (Phi) is 4.14. The molecule has 0 aliphatic carbocycles. The normalized spacial score (nSPS) is 25.0. The molecule has 7 heteroatoms. The monoisotopic (exact) mass is 325 g/mol. The number of piperidine rings is 1. The maximum atomic E-state index is 12.7. The number of aryl methyl sites for hydroxylation is 1. The maximum Gasteiger partial charge on any atom is 0.270 e. The minimum absolute atomic E-state index is 0.0266. The maximum absolute atomic E-state index is 12.7. The molecule has 22 heavy (non-hydrogen) atoms. The molecule has 2 aliphatic heterocycles. The molecule has 2 amide bonds. The van der Waals surface area contributed by atoms with Gasteiger partial charge in [0, 0.05) is 39.8 Å². The summed E-state index contributed by atoms with van der Waals surface area (Å²) in [5, 5.41) is 0.548. The third-order valence-corrected chi connectivity index (χ3v) is 4.67. The predicted octanol–water partition coefficient (Wildman–Crippen LogP) is 1.14. The first-order chi connectivity index (χ1) is 10.5. The molecular weight excluding hydrogens is 306 g/mol. The van der Waals surface area contributed by atoms with Crippen LogP contribution in [-0.2, 0) is 16.6 Å². The molecule has 2 atom stereocenters. The van der Waals surface area contributed by atoms with Crippen molar-refractivity contribution < 1.29 is 14.3 Å². The van der Waals surface area contributed by atoms with E-state index >= 15 is 0 Å². The van der Waals surface area contributed by atoms with Gasteiger partial charge in [0.05, 0.1) is 23.8 Å². The Morgan fingerprint density at radius 3 is 2.77 bits per heavy atom. The van der Waals surface area contributed by atoms with E-state index in [1.54, 1.807) is 35.7 Å². The van der Waals surface area contributed by atoms with E-state index in [0.29, 0.717) is 37.0 Å². The molecule has 0 aromatic carbocycles. The number of halogens is 1. The summed E-state index contributed by atoms with van der Waals surface area (Å²) in [7, 11) is 1.80. The molecule has 2 unspecified atom stereocenters. The van der Waals surface area contributed by atoms with Gasteiger partial charge in [-0.15, -0.1) is 0 Å². The summed E-state index contributed by atoms with van der Waals surface area (Å²) in [5.74, 6) is -0.0172. The molecule has 0 bridgehead atoms. The highest BCUT2D eigenvalue weighted by atomic mass is 35.5. The van der Waals surface area contributed by atoms with Gasteiger partial charge < -0.3 is 19.1 Å². The highest BCUT2D eigenvalue weighted by molar-refractivity contribution is 6.31. The number of morpholine rings is 1. The van der Waals surface area contributed by atoms with Crippen molar-refractivity contribution in [3.8, 4) is 0 Å². The van der Waals surface area contributed by atoms with Crippen molar-refractivity contribution in [2.45, 2.75) is 25.5 Å². The van der Waals surface area contributed by atoms with Crippen LogP contribution in [0, 0.1) is 0 Å². The Bertz CT molecular complexity index is 601. The summed E-state index contributed by atoms with van der Waals surface area (Å²) in [6.07, 6.45) is 2.49. The van der Waals surface area contributed by atoms with Crippen LogP contribution < -0.4 is 0 Å². The van der Waals surface area contributed by atoms with E-state index < -0.39 is 0 Å². The van der Waals surface area contributed by atoms with Gasteiger partial charge in [-0.2, -0.15) is 0 Å². The second-order valence-corrected chi connectivity index (χ2v) is 6.32. The number of ether oxygens (including phenoxy) is 1. The number of hydrogen-bond acceptors (Lipinski definition) is 3. The van der Waals surface area contributed by atoms with E-state index in [9.17, 15) is 9.59 Å². The second-order valence-electron chi connectivity index (χ2n) is 5.88. The van der Waals surface area contributed by atoms with Gasteiger partial charge in [0.2, 0.25) is 5.91 Å². The molecule has 2 saturated heterocycles. The van der Waals surface area contributed by atoms with Crippen LogP contribution in [0.3, 0.4) is 0 Å². The standard InChI is InChI=1S/C15H20ClN3O3/c1-10(20)19-5-6-22-14-3-4-18(9-13(14)19)15(21)12-7-11(16)8-17(12)2/h7-8,13-14H,3-6,9H2,1-2H3. The van der Waals surface area contributed by atoms with E-state index in [0.717, 1.165) is 6.42 Å². The van der Waals surface area contributed by atoms with Gasteiger partial charge in [-0.1, -0.05) is 11.6 Å². The lowest BCUT2D eigenvalue weighted by atomic mass is 9.98. The zero-order chi connectivity index (χ0) is 15.9. The van der Waals surface area contributed by atoms with E-state index in [-0.39, 0.29) is 24.0 Å². The number of rotatable bonds is 1.